The molecule has 0 spiro atoms. The Bertz CT molecular complexity index is 1040. The van der Waals surface area contributed by atoms with Crippen molar-refractivity contribution in [3.8, 4) is 11.5 Å². The van der Waals surface area contributed by atoms with E-state index in [1.165, 1.54) is 5.56 Å². The molecule has 0 unspecified atom stereocenters. The summed E-state index contributed by atoms with van der Waals surface area (Å²) in [6, 6.07) is 15.6. The van der Waals surface area contributed by atoms with Crippen LogP contribution >= 0.6 is 0 Å². The van der Waals surface area contributed by atoms with Gasteiger partial charge in [0.1, 0.15) is 6.26 Å². The highest BCUT2D eigenvalue weighted by Gasteiger charge is 2.08. The number of hydrogen-bond acceptors (Lipinski definition) is 4. The van der Waals surface area contributed by atoms with E-state index in [9.17, 15) is 4.79 Å². The van der Waals surface area contributed by atoms with Crippen LogP contribution in [0.2, 0.25) is 0 Å². The van der Waals surface area contributed by atoms with Crippen LogP contribution in [0.3, 0.4) is 0 Å². The maximum absolute atomic E-state index is 12.2. The van der Waals surface area contributed by atoms with E-state index in [2.05, 4.69) is 25.9 Å². The summed E-state index contributed by atoms with van der Waals surface area (Å²) in [5.41, 5.74) is 4.55. The number of benzene rings is 2. The minimum absolute atomic E-state index is 0.0573. The number of aryl methyl sites for hydroxylation is 1. The van der Waals surface area contributed by atoms with Crippen LogP contribution in [0.5, 0.6) is 0 Å². The second-order valence-corrected chi connectivity index (χ2v) is 7.52. The van der Waals surface area contributed by atoms with Gasteiger partial charge >= 0.3 is 0 Å². The molecule has 1 aromatic heterocycles. The SMILES string of the molecule is CCCNC(=O)c1cccc(CN=C(NCC)NCc2coc(-c3ccc(C)cc3)n2)c1. The van der Waals surface area contributed by atoms with Crippen molar-refractivity contribution in [3.05, 3.63) is 77.2 Å². The zero-order valence-electron chi connectivity index (χ0n) is 18.9. The maximum Gasteiger partial charge on any atom is 0.251 e. The molecular weight excluding hydrogens is 402 g/mol. The second-order valence-electron chi connectivity index (χ2n) is 7.52. The molecule has 32 heavy (non-hydrogen) atoms. The molecule has 7 heteroatoms. The van der Waals surface area contributed by atoms with Gasteiger partial charge in [0.05, 0.1) is 18.8 Å². The van der Waals surface area contributed by atoms with Gasteiger partial charge in [-0.3, -0.25) is 4.79 Å². The lowest BCUT2D eigenvalue weighted by molar-refractivity contribution is 0.0953. The van der Waals surface area contributed by atoms with Gasteiger partial charge in [0.2, 0.25) is 5.89 Å². The summed E-state index contributed by atoms with van der Waals surface area (Å²) in [6.07, 6.45) is 2.57. The number of rotatable bonds is 9. The molecule has 3 aromatic rings. The van der Waals surface area contributed by atoms with Crippen LogP contribution in [0.4, 0.5) is 0 Å². The van der Waals surface area contributed by atoms with E-state index < -0.39 is 0 Å². The molecule has 0 aliphatic heterocycles. The number of nitrogens with zero attached hydrogens (tertiary/aromatic N) is 2. The lowest BCUT2D eigenvalue weighted by atomic mass is 10.1. The zero-order valence-corrected chi connectivity index (χ0v) is 18.9. The van der Waals surface area contributed by atoms with E-state index in [1.54, 1.807) is 6.26 Å². The highest BCUT2D eigenvalue weighted by atomic mass is 16.3. The fourth-order valence-corrected chi connectivity index (χ4v) is 3.05. The van der Waals surface area contributed by atoms with Crippen molar-refractivity contribution in [1.82, 2.24) is 20.9 Å². The number of amides is 1. The summed E-state index contributed by atoms with van der Waals surface area (Å²) in [4.78, 5) is 21.4. The first kappa shape index (κ1) is 23.1. The van der Waals surface area contributed by atoms with Crippen LogP contribution < -0.4 is 16.0 Å². The number of guanidine groups is 1. The summed E-state index contributed by atoms with van der Waals surface area (Å²) in [6.45, 7) is 8.44. The van der Waals surface area contributed by atoms with Crippen molar-refractivity contribution in [2.75, 3.05) is 13.1 Å². The number of aromatic nitrogens is 1. The zero-order chi connectivity index (χ0) is 22.8. The number of carbonyl (C=O) groups excluding carboxylic acids is 1. The van der Waals surface area contributed by atoms with Crippen molar-refractivity contribution in [2.45, 2.75) is 40.3 Å². The van der Waals surface area contributed by atoms with Crippen LogP contribution in [0.25, 0.3) is 11.5 Å². The highest BCUT2D eigenvalue weighted by molar-refractivity contribution is 5.94. The van der Waals surface area contributed by atoms with Gasteiger partial charge in [-0.15, -0.1) is 0 Å². The summed E-state index contributed by atoms with van der Waals surface area (Å²) in [5.74, 6) is 1.22. The molecule has 0 aliphatic rings. The van der Waals surface area contributed by atoms with E-state index in [0.717, 1.165) is 29.8 Å². The number of nitrogens with one attached hydrogen (secondary N) is 3. The Morgan fingerprint density at radius 1 is 1.06 bits per heavy atom. The Morgan fingerprint density at radius 3 is 2.62 bits per heavy atom. The molecule has 0 aliphatic carbocycles. The van der Waals surface area contributed by atoms with E-state index >= 15 is 0 Å². The Kier molecular flexibility index (Phi) is 8.43. The Labute approximate surface area is 189 Å². The largest absolute Gasteiger partial charge is 0.444 e. The quantitative estimate of drug-likeness (QED) is 0.350. The van der Waals surface area contributed by atoms with Crippen LogP contribution in [0, 0.1) is 6.92 Å². The monoisotopic (exact) mass is 433 g/mol. The summed E-state index contributed by atoms with van der Waals surface area (Å²) in [5, 5.41) is 9.42. The Morgan fingerprint density at radius 2 is 1.88 bits per heavy atom. The molecule has 0 atom stereocenters. The first-order valence-corrected chi connectivity index (χ1v) is 11.0. The highest BCUT2D eigenvalue weighted by Crippen LogP contribution is 2.19. The van der Waals surface area contributed by atoms with Crippen molar-refractivity contribution in [3.63, 3.8) is 0 Å². The van der Waals surface area contributed by atoms with Gasteiger partial charge in [0.15, 0.2) is 5.96 Å². The van der Waals surface area contributed by atoms with Crippen molar-refractivity contribution < 1.29 is 9.21 Å². The molecule has 0 saturated heterocycles. The predicted molar refractivity (Wildman–Crippen MR) is 127 cm³/mol. The third-order valence-electron chi connectivity index (χ3n) is 4.78. The second kappa shape index (κ2) is 11.7. The fraction of sp³-hybridized carbons (Fsp3) is 0.320. The summed E-state index contributed by atoms with van der Waals surface area (Å²) in [7, 11) is 0. The molecule has 0 radical (unpaired) electrons. The summed E-state index contributed by atoms with van der Waals surface area (Å²) >= 11 is 0. The molecule has 3 rings (SSSR count). The Hall–Kier alpha value is -3.61. The average molecular weight is 434 g/mol. The first-order chi connectivity index (χ1) is 15.6. The number of carbonyl (C=O) groups is 1. The van der Waals surface area contributed by atoms with Crippen molar-refractivity contribution in [1.29, 1.82) is 0 Å². The molecule has 0 bridgehead atoms. The van der Waals surface area contributed by atoms with Gasteiger partial charge < -0.3 is 20.4 Å². The van der Waals surface area contributed by atoms with Gasteiger partial charge in [-0.2, -0.15) is 0 Å². The number of aliphatic imine (C=N–C) groups is 1. The van der Waals surface area contributed by atoms with E-state index in [1.807, 2.05) is 69.3 Å². The maximum atomic E-state index is 12.2. The average Bonchev–Trinajstić information content (AvgIpc) is 3.29. The first-order valence-electron chi connectivity index (χ1n) is 11.0. The normalized spacial score (nSPS) is 11.3. The molecular formula is C25H31N5O2. The molecule has 1 amide bonds. The third kappa shape index (κ3) is 6.70. The predicted octanol–water partition coefficient (Wildman–Crippen LogP) is 4.05. The van der Waals surface area contributed by atoms with Gasteiger partial charge in [0.25, 0.3) is 5.91 Å². The molecule has 0 fully saturated rings. The van der Waals surface area contributed by atoms with Gasteiger partial charge in [0, 0.05) is 24.2 Å². The molecule has 168 valence electrons. The fourth-order valence-electron chi connectivity index (χ4n) is 3.05. The van der Waals surface area contributed by atoms with Crippen molar-refractivity contribution >= 4 is 11.9 Å². The molecule has 1 heterocycles. The molecule has 3 N–H and O–H groups in total. The molecule has 7 nitrogen and oxygen atoms in total. The smallest absolute Gasteiger partial charge is 0.251 e. The number of oxazole rings is 1. The van der Waals surface area contributed by atoms with Gasteiger partial charge in [-0.25, -0.2) is 9.98 Å². The van der Waals surface area contributed by atoms with Gasteiger partial charge in [-0.1, -0.05) is 36.8 Å². The minimum atomic E-state index is -0.0573. The molecule has 0 saturated carbocycles. The Balaban J connectivity index is 1.61. The van der Waals surface area contributed by atoms with E-state index in [0.29, 0.717) is 37.0 Å². The third-order valence-corrected chi connectivity index (χ3v) is 4.78. The van der Waals surface area contributed by atoms with E-state index in [-0.39, 0.29) is 5.91 Å². The minimum Gasteiger partial charge on any atom is -0.444 e. The summed E-state index contributed by atoms with van der Waals surface area (Å²) < 4.78 is 5.63. The standard InChI is InChI=1S/C25H31N5O2/c1-4-13-27-23(31)21-8-6-7-19(14-21)15-28-25(26-5-2)29-16-22-17-32-24(30-22)20-11-9-18(3)10-12-20/h6-12,14,17H,4-5,13,15-16H2,1-3H3,(H,27,31)(H2,26,28,29). The topological polar surface area (TPSA) is 91.5 Å². The lowest BCUT2D eigenvalue weighted by Gasteiger charge is -2.10. The van der Waals surface area contributed by atoms with Crippen LogP contribution in [0.15, 0.2) is 64.2 Å². The lowest BCUT2D eigenvalue weighted by Crippen LogP contribution is -2.36. The van der Waals surface area contributed by atoms with Crippen LogP contribution in [0.1, 0.15) is 47.4 Å². The van der Waals surface area contributed by atoms with Crippen molar-refractivity contribution in [2.24, 2.45) is 4.99 Å². The van der Waals surface area contributed by atoms with E-state index in [4.69, 9.17) is 4.42 Å². The molecule has 2 aromatic carbocycles. The van der Waals surface area contributed by atoms with Gasteiger partial charge in [-0.05, 0) is 50.1 Å². The number of hydrogen-bond donors (Lipinski definition) is 3. The van der Waals surface area contributed by atoms with Crippen LogP contribution in [-0.4, -0.2) is 29.9 Å². The van der Waals surface area contributed by atoms with Crippen LogP contribution in [-0.2, 0) is 13.1 Å².